The van der Waals surface area contributed by atoms with Gasteiger partial charge < -0.3 is 14.6 Å². The smallest absolute Gasteiger partial charge is 0.326 e. The largest absolute Gasteiger partial charge is 0.504 e. The first kappa shape index (κ1) is 18.3. The molecule has 1 aliphatic rings. The van der Waals surface area contributed by atoms with Crippen molar-refractivity contribution >= 4 is 46.3 Å². The quantitative estimate of drug-likeness (QED) is 0.470. The summed E-state index contributed by atoms with van der Waals surface area (Å²) in [6, 6.07) is 4.79. The first-order valence-corrected chi connectivity index (χ1v) is 8.55. The van der Waals surface area contributed by atoms with Crippen molar-refractivity contribution in [3.63, 3.8) is 0 Å². The molecule has 6 nitrogen and oxygen atoms in total. The molecule has 0 saturated carbocycles. The van der Waals surface area contributed by atoms with Gasteiger partial charge in [-0.3, -0.25) is 14.5 Å². The average molecular weight is 367 g/mol. The third-order valence-electron chi connectivity index (χ3n) is 3.05. The summed E-state index contributed by atoms with van der Waals surface area (Å²) in [6.07, 6.45) is 1.65. The van der Waals surface area contributed by atoms with E-state index in [9.17, 15) is 14.7 Å². The number of nitrogens with zero attached hydrogens (tertiary/aromatic N) is 1. The van der Waals surface area contributed by atoms with Gasteiger partial charge in [0.2, 0.25) is 0 Å². The Kier molecular flexibility index (Phi) is 6.22. The topological polar surface area (TPSA) is 76.1 Å². The number of carbonyl (C=O) groups is 2. The molecule has 0 bridgehead atoms. The lowest BCUT2D eigenvalue weighted by atomic mass is 10.2. The van der Waals surface area contributed by atoms with Gasteiger partial charge in [0, 0.05) is 0 Å². The molecule has 0 spiro atoms. The summed E-state index contributed by atoms with van der Waals surface area (Å²) in [5.41, 5.74) is 0.688. The molecule has 0 aromatic heterocycles. The van der Waals surface area contributed by atoms with Crippen molar-refractivity contribution in [3.05, 3.63) is 28.7 Å². The van der Waals surface area contributed by atoms with Gasteiger partial charge in [0.25, 0.3) is 5.91 Å². The van der Waals surface area contributed by atoms with Gasteiger partial charge >= 0.3 is 5.97 Å². The molecule has 0 unspecified atom stereocenters. The lowest BCUT2D eigenvalue weighted by Gasteiger charge is -2.12. The van der Waals surface area contributed by atoms with Crippen LogP contribution in [0.15, 0.2) is 23.1 Å². The van der Waals surface area contributed by atoms with Gasteiger partial charge in [0.1, 0.15) is 10.9 Å². The molecule has 8 heteroatoms. The van der Waals surface area contributed by atoms with Crippen molar-refractivity contribution in [2.45, 2.75) is 13.8 Å². The lowest BCUT2D eigenvalue weighted by molar-refractivity contribution is -0.145. The monoisotopic (exact) mass is 367 g/mol. The number of phenols is 1. The lowest BCUT2D eigenvalue weighted by Crippen LogP contribution is -2.34. The zero-order valence-electron chi connectivity index (χ0n) is 13.3. The van der Waals surface area contributed by atoms with E-state index in [2.05, 4.69) is 0 Å². The first-order valence-electron chi connectivity index (χ1n) is 7.33. The number of thioether (sulfide) groups is 1. The fourth-order valence-corrected chi connectivity index (χ4v) is 3.27. The van der Waals surface area contributed by atoms with Crippen LogP contribution in [0.4, 0.5) is 0 Å². The van der Waals surface area contributed by atoms with Gasteiger partial charge in [-0.25, -0.2) is 0 Å². The number of ether oxygens (including phenoxy) is 2. The van der Waals surface area contributed by atoms with Gasteiger partial charge in [0.05, 0.1) is 18.1 Å². The van der Waals surface area contributed by atoms with Crippen LogP contribution < -0.4 is 4.74 Å². The summed E-state index contributed by atoms with van der Waals surface area (Å²) >= 11 is 6.27. The standard InChI is InChI=1S/C16H17NO5S2/c1-3-21-12-7-10(5-6-11(12)18)8-13-15(20)17(16(23)24-13)9-14(19)22-4-2/h5-8,18H,3-4,9H2,1-2H3. The van der Waals surface area contributed by atoms with Crippen LogP contribution in [-0.4, -0.2) is 46.0 Å². The molecule has 128 valence electrons. The number of benzene rings is 1. The number of phenolic OH excluding ortho intramolecular Hbond substituents is 1. The van der Waals surface area contributed by atoms with Gasteiger partial charge in [0.15, 0.2) is 11.5 Å². The molecular weight excluding hydrogens is 350 g/mol. The summed E-state index contributed by atoms with van der Waals surface area (Å²) in [5.74, 6) is -0.473. The van der Waals surface area contributed by atoms with E-state index in [1.54, 1.807) is 25.1 Å². The Morgan fingerprint density at radius 2 is 2.12 bits per heavy atom. The molecular formula is C16H17NO5S2. The molecule has 1 aromatic rings. The predicted octanol–water partition coefficient (Wildman–Crippen LogP) is 2.56. The van der Waals surface area contributed by atoms with Crippen LogP contribution in [0.5, 0.6) is 11.5 Å². The van der Waals surface area contributed by atoms with Crippen molar-refractivity contribution in [3.8, 4) is 11.5 Å². The zero-order valence-corrected chi connectivity index (χ0v) is 14.9. The Morgan fingerprint density at radius 1 is 1.38 bits per heavy atom. The van der Waals surface area contributed by atoms with E-state index in [-0.39, 0.29) is 24.8 Å². The summed E-state index contributed by atoms with van der Waals surface area (Å²) in [7, 11) is 0. The highest BCUT2D eigenvalue weighted by atomic mass is 32.2. The van der Waals surface area contributed by atoms with Gasteiger partial charge in [-0.1, -0.05) is 30.0 Å². The Morgan fingerprint density at radius 3 is 2.79 bits per heavy atom. The van der Waals surface area contributed by atoms with Crippen molar-refractivity contribution in [2.75, 3.05) is 19.8 Å². The summed E-state index contributed by atoms with van der Waals surface area (Å²) < 4.78 is 10.5. The van der Waals surface area contributed by atoms with Crippen LogP contribution in [0.1, 0.15) is 19.4 Å². The van der Waals surface area contributed by atoms with Crippen LogP contribution in [-0.2, 0) is 14.3 Å². The minimum absolute atomic E-state index is 0.0314. The van der Waals surface area contributed by atoms with E-state index >= 15 is 0 Å². The Hall–Kier alpha value is -2.06. The SMILES string of the molecule is CCOC(=O)CN1C(=O)C(=Cc2ccc(O)c(OCC)c2)SC1=S. The third-order valence-corrected chi connectivity index (χ3v) is 4.43. The minimum Gasteiger partial charge on any atom is -0.504 e. The molecule has 0 aliphatic carbocycles. The molecule has 1 amide bonds. The fourth-order valence-electron chi connectivity index (χ4n) is 2.02. The second-order valence-electron chi connectivity index (χ2n) is 4.73. The number of esters is 1. The number of carbonyl (C=O) groups excluding carboxylic acids is 2. The number of hydrogen-bond acceptors (Lipinski definition) is 7. The summed E-state index contributed by atoms with van der Waals surface area (Å²) in [4.78, 5) is 25.6. The fraction of sp³-hybridized carbons (Fsp3) is 0.312. The molecule has 1 aromatic carbocycles. The minimum atomic E-state index is -0.502. The third kappa shape index (κ3) is 4.27. The second-order valence-corrected chi connectivity index (χ2v) is 6.41. The van der Waals surface area contributed by atoms with Gasteiger partial charge in [-0.15, -0.1) is 0 Å². The zero-order chi connectivity index (χ0) is 17.7. The van der Waals surface area contributed by atoms with E-state index < -0.39 is 5.97 Å². The summed E-state index contributed by atoms with van der Waals surface area (Å²) in [6.45, 7) is 3.97. The highest BCUT2D eigenvalue weighted by molar-refractivity contribution is 8.26. The van der Waals surface area contributed by atoms with Crippen molar-refractivity contribution in [1.82, 2.24) is 4.90 Å². The van der Waals surface area contributed by atoms with Crippen molar-refractivity contribution in [2.24, 2.45) is 0 Å². The van der Waals surface area contributed by atoms with Gasteiger partial charge in [-0.2, -0.15) is 0 Å². The number of hydrogen-bond donors (Lipinski definition) is 1. The molecule has 0 radical (unpaired) electrons. The maximum atomic E-state index is 12.4. The van der Waals surface area contributed by atoms with Crippen LogP contribution in [0, 0.1) is 0 Å². The molecule has 0 atom stereocenters. The van der Waals surface area contributed by atoms with Gasteiger partial charge in [-0.05, 0) is 37.6 Å². The predicted molar refractivity (Wildman–Crippen MR) is 95.8 cm³/mol. The van der Waals surface area contributed by atoms with Crippen LogP contribution >= 0.6 is 24.0 Å². The number of amides is 1. The van der Waals surface area contributed by atoms with E-state index in [0.717, 1.165) is 11.8 Å². The van der Waals surface area contributed by atoms with E-state index in [1.807, 2.05) is 6.92 Å². The molecule has 1 saturated heterocycles. The van der Waals surface area contributed by atoms with E-state index in [1.165, 1.54) is 11.0 Å². The summed E-state index contributed by atoms with van der Waals surface area (Å²) in [5, 5.41) is 9.71. The normalized spacial score (nSPS) is 15.9. The number of thiocarbonyl (C=S) groups is 1. The maximum absolute atomic E-state index is 12.4. The van der Waals surface area contributed by atoms with Crippen molar-refractivity contribution < 1.29 is 24.2 Å². The Labute approximate surface area is 149 Å². The maximum Gasteiger partial charge on any atom is 0.326 e. The number of aromatic hydroxyl groups is 1. The molecule has 1 fully saturated rings. The molecule has 2 rings (SSSR count). The van der Waals surface area contributed by atoms with Crippen LogP contribution in [0.3, 0.4) is 0 Å². The molecule has 1 aliphatic heterocycles. The molecule has 1 N–H and O–H groups in total. The Balaban J connectivity index is 2.19. The van der Waals surface area contributed by atoms with E-state index in [4.69, 9.17) is 21.7 Å². The number of rotatable bonds is 6. The molecule has 1 heterocycles. The molecule has 24 heavy (non-hydrogen) atoms. The van der Waals surface area contributed by atoms with Crippen molar-refractivity contribution in [1.29, 1.82) is 0 Å². The van der Waals surface area contributed by atoms with Crippen LogP contribution in [0.2, 0.25) is 0 Å². The first-order chi connectivity index (χ1) is 11.5. The Bertz CT molecular complexity index is 702. The van der Waals surface area contributed by atoms with E-state index in [0.29, 0.717) is 27.1 Å². The average Bonchev–Trinajstić information content (AvgIpc) is 2.79. The second kappa shape index (κ2) is 8.16. The highest BCUT2D eigenvalue weighted by Crippen LogP contribution is 2.34. The highest BCUT2D eigenvalue weighted by Gasteiger charge is 2.33. The van der Waals surface area contributed by atoms with Crippen LogP contribution in [0.25, 0.3) is 6.08 Å².